The zero-order valence-corrected chi connectivity index (χ0v) is 18.2. The smallest absolute Gasteiger partial charge is 0.295 e. The molecule has 1 aliphatic heterocycles. The molecule has 168 valence electrons. The van der Waals surface area contributed by atoms with Gasteiger partial charge in [-0.2, -0.15) is 0 Å². The molecule has 0 radical (unpaired) electrons. The highest BCUT2D eigenvalue weighted by Gasteiger charge is 2.45. The average molecular weight is 444 g/mol. The van der Waals surface area contributed by atoms with E-state index in [1.165, 1.54) is 12.0 Å². The standard InChI is InChI=1S/C26H24N2O5/c1-32-15-14-28-23(20-8-5-13-27-16-20)22(25(30)26(28)31)24(29)19-9-11-21(12-10-19)33-17-18-6-3-2-4-7-18/h2-13,16,23,29H,14-15,17H2,1H3/t23-/m1/s1. The van der Waals surface area contributed by atoms with Gasteiger partial charge in [-0.3, -0.25) is 14.6 Å². The average Bonchev–Trinajstić information content (AvgIpc) is 3.12. The molecule has 7 heteroatoms. The Kier molecular flexibility index (Phi) is 6.80. The summed E-state index contributed by atoms with van der Waals surface area (Å²) in [5, 5.41) is 11.1. The molecule has 1 amide bonds. The Morgan fingerprint density at radius 3 is 2.45 bits per heavy atom. The van der Waals surface area contributed by atoms with Gasteiger partial charge in [0.25, 0.3) is 11.7 Å². The van der Waals surface area contributed by atoms with Crippen molar-refractivity contribution in [1.82, 2.24) is 9.88 Å². The number of aliphatic hydroxyl groups excluding tert-OH is 1. The van der Waals surface area contributed by atoms with Gasteiger partial charge in [0.2, 0.25) is 0 Å². The predicted molar refractivity (Wildman–Crippen MR) is 122 cm³/mol. The first-order valence-electron chi connectivity index (χ1n) is 10.5. The summed E-state index contributed by atoms with van der Waals surface area (Å²) < 4.78 is 10.9. The number of carbonyl (C=O) groups excluding carboxylic acids is 2. The number of carbonyl (C=O) groups is 2. The molecule has 7 nitrogen and oxygen atoms in total. The van der Waals surface area contributed by atoms with Gasteiger partial charge in [0.1, 0.15) is 18.1 Å². The zero-order chi connectivity index (χ0) is 23.2. The van der Waals surface area contributed by atoms with Crippen molar-refractivity contribution < 1.29 is 24.2 Å². The lowest BCUT2D eigenvalue weighted by molar-refractivity contribution is -0.140. The van der Waals surface area contributed by atoms with Crippen LogP contribution in [0.1, 0.15) is 22.7 Å². The van der Waals surface area contributed by atoms with Crippen molar-refractivity contribution in [2.75, 3.05) is 20.3 Å². The molecule has 1 N–H and O–H groups in total. The van der Waals surface area contributed by atoms with Gasteiger partial charge in [0.05, 0.1) is 18.2 Å². The summed E-state index contributed by atoms with van der Waals surface area (Å²) in [5.41, 5.74) is 2.12. The fourth-order valence-electron chi connectivity index (χ4n) is 3.79. The number of likely N-dealkylation sites (tertiary alicyclic amines) is 1. The molecule has 3 aromatic rings. The van der Waals surface area contributed by atoms with E-state index < -0.39 is 17.7 Å². The van der Waals surface area contributed by atoms with Crippen LogP contribution in [0.15, 0.2) is 84.7 Å². The molecule has 0 saturated carbocycles. The predicted octanol–water partition coefficient (Wildman–Crippen LogP) is 3.73. The minimum absolute atomic E-state index is 0.0297. The van der Waals surface area contributed by atoms with Crippen LogP contribution in [-0.4, -0.2) is 46.9 Å². The van der Waals surface area contributed by atoms with Crippen molar-refractivity contribution in [3.63, 3.8) is 0 Å². The first kappa shape index (κ1) is 22.2. The lowest BCUT2D eigenvalue weighted by atomic mass is 9.96. The molecular weight excluding hydrogens is 420 g/mol. The molecule has 0 unspecified atom stereocenters. The van der Waals surface area contributed by atoms with Crippen LogP contribution in [-0.2, 0) is 20.9 Å². The van der Waals surface area contributed by atoms with Crippen LogP contribution in [0, 0.1) is 0 Å². The maximum Gasteiger partial charge on any atom is 0.295 e. The quantitative estimate of drug-likeness (QED) is 0.324. The van der Waals surface area contributed by atoms with E-state index in [0.717, 1.165) is 5.56 Å². The number of methoxy groups -OCH3 is 1. The largest absolute Gasteiger partial charge is 0.507 e. The van der Waals surface area contributed by atoms with Crippen molar-refractivity contribution in [2.24, 2.45) is 0 Å². The van der Waals surface area contributed by atoms with Gasteiger partial charge in [-0.1, -0.05) is 36.4 Å². The van der Waals surface area contributed by atoms with Crippen LogP contribution in [0.2, 0.25) is 0 Å². The second kappa shape index (κ2) is 10.1. The molecule has 0 aliphatic carbocycles. The van der Waals surface area contributed by atoms with E-state index >= 15 is 0 Å². The number of ether oxygens (including phenoxy) is 2. The normalized spacial score (nSPS) is 17.4. The highest BCUT2D eigenvalue weighted by molar-refractivity contribution is 6.46. The molecule has 0 spiro atoms. The minimum atomic E-state index is -0.747. The van der Waals surface area contributed by atoms with E-state index in [-0.39, 0.29) is 24.5 Å². The SMILES string of the molecule is COCCN1C(=O)C(=O)C(=C(O)c2ccc(OCc3ccccc3)cc2)[C@H]1c1cccnc1. The molecule has 33 heavy (non-hydrogen) atoms. The van der Waals surface area contributed by atoms with E-state index in [2.05, 4.69) is 4.98 Å². The Balaban J connectivity index is 1.63. The third-order valence-electron chi connectivity index (χ3n) is 5.45. The lowest BCUT2D eigenvalue weighted by Crippen LogP contribution is -2.32. The Morgan fingerprint density at radius 1 is 1.03 bits per heavy atom. The Morgan fingerprint density at radius 2 is 1.79 bits per heavy atom. The fraction of sp³-hybridized carbons (Fsp3) is 0.192. The summed E-state index contributed by atoms with van der Waals surface area (Å²) in [6, 6.07) is 19.3. The Hall–Kier alpha value is -3.97. The molecule has 1 saturated heterocycles. The lowest BCUT2D eigenvalue weighted by Gasteiger charge is -2.24. The topological polar surface area (TPSA) is 89.0 Å². The van der Waals surface area contributed by atoms with Crippen molar-refractivity contribution in [3.8, 4) is 5.75 Å². The first-order valence-corrected chi connectivity index (χ1v) is 10.5. The Labute approximate surface area is 191 Å². The highest BCUT2D eigenvalue weighted by atomic mass is 16.5. The summed E-state index contributed by atoms with van der Waals surface area (Å²) in [6.07, 6.45) is 3.20. The second-order valence-electron chi connectivity index (χ2n) is 7.57. The number of aliphatic hydroxyl groups is 1. The van der Waals surface area contributed by atoms with Crippen molar-refractivity contribution in [3.05, 3.63) is 101 Å². The third kappa shape index (κ3) is 4.78. The van der Waals surface area contributed by atoms with Crippen LogP contribution >= 0.6 is 0 Å². The van der Waals surface area contributed by atoms with Gasteiger partial charge in [-0.15, -0.1) is 0 Å². The molecular formula is C26H24N2O5. The van der Waals surface area contributed by atoms with Gasteiger partial charge >= 0.3 is 0 Å². The minimum Gasteiger partial charge on any atom is -0.507 e. The van der Waals surface area contributed by atoms with Crippen LogP contribution < -0.4 is 4.74 Å². The number of ketones is 1. The zero-order valence-electron chi connectivity index (χ0n) is 18.2. The number of rotatable bonds is 8. The molecule has 1 fully saturated rings. The molecule has 1 aliphatic rings. The second-order valence-corrected chi connectivity index (χ2v) is 7.57. The number of Topliss-reactive ketones (excluding diaryl/α,β-unsaturated/α-hetero) is 1. The summed E-state index contributed by atoms with van der Waals surface area (Å²) in [7, 11) is 1.52. The van der Waals surface area contributed by atoms with E-state index in [0.29, 0.717) is 23.5 Å². The molecule has 0 bridgehead atoms. The molecule has 2 heterocycles. The van der Waals surface area contributed by atoms with Crippen molar-refractivity contribution in [1.29, 1.82) is 0 Å². The first-order chi connectivity index (χ1) is 16.1. The van der Waals surface area contributed by atoms with E-state index in [1.807, 2.05) is 30.3 Å². The van der Waals surface area contributed by atoms with Gasteiger partial charge in [0, 0.05) is 31.6 Å². The van der Waals surface area contributed by atoms with E-state index in [1.54, 1.807) is 48.8 Å². The number of amides is 1. The highest BCUT2D eigenvalue weighted by Crippen LogP contribution is 2.39. The number of benzene rings is 2. The van der Waals surface area contributed by atoms with Gasteiger partial charge < -0.3 is 19.5 Å². The van der Waals surface area contributed by atoms with Gasteiger partial charge in [0.15, 0.2) is 0 Å². The summed E-state index contributed by atoms with van der Waals surface area (Å²) in [4.78, 5) is 31.2. The van der Waals surface area contributed by atoms with Crippen LogP contribution in [0.25, 0.3) is 5.76 Å². The summed E-state index contributed by atoms with van der Waals surface area (Å²) in [5.74, 6) is -1.02. The maximum atomic E-state index is 12.9. The number of aromatic nitrogens is 1. The molecule has 4 rings (SSSR count). The number of hydrogen-bond acceptors (Lipinski definition) is 6. The third-order valence-corrected chi connectivity index (χ3v) is 5.45. The monoisotopic (exact) mass is 444 g/mol. The molecule has 1 aromatic heterocycles. The fourth-order valence-corrected chi connectivity index (χ4v) is 3.79. The summed E-state index contributed by atoms with van der Waals surface area (Å²) >= 11 is 0. The van der Waals surface area contributed by atoms with Crippen LogP contribution in [0.5, 0.6) is 5.75 Å². The van der Waals surface area contributed by atoms with Gasteiger partial charge in [-0.05, 0) is 41.5 Å². The van der Waals surface area contributed by atoms with E-state index in [4.69, 9.17) is 9.47 Å². The summed E-state index contributed by atoms with van der Waals surface area (Å²) in [6.45, 7) is 0.888. The Bertz CT molecular complexity index is 1140. The van der Waals surface area contributed by atoms with Crippen molar-refractivity contribution >= 4 is 17.4 Å². The van der Waals surface area contributed by atoms with Crippen molar-refractivity contribution in [2.45, 2.75) is 12.6 Å². The van der Waals surface area contributed by atoms with Crippen LogP contribution in [0.4, 0.5) is 0 Å². The van der Waals surface area contributed by atoms with E-state index in [9.17, 15) is 14.7 Å². The van der Waals surface area contributed by atoms with Gasteiger partial charge in [-0.25, -0.2) is 0 Å². The number of hydrogen-bond donors (Lipinski definition) is 1. The molecule has 1 atom stereocenters. The number of pyridine rings is 1. The molecule has 2 aromatic carbocycles. The number of nitrogens with zero attached hydrogens (tertiary/aromatic N) is 2. The van der Waals surface area contributed by atoms with Crippen LogP contribution in [0.3, 0.4) is 0 Å². The maximum absolute atomic E-state index is 12.9.